The quantitative estimate of drug-likeness (QED) is 0.447. The predicted molar refractivity (Wildman–Crippen MR) is 152 cm³/mol. The van der Waals surface area contributed by atoms with Crippen molar-refractivity contribution in [3.8, 4) is 0 Å². The standard InChI is InChI=1S/C28H33Cl2N3O4S/c1-27(2,3)21-8-10-28(11-9-21)32-24(20-14-22(29)16-23(30)15-20)26(35)33(28)17-18-4-6-19(7-5-18)25(34)31-12-13-38(36)37/h4-7,14-16,21,38H,8-13,17H2,1-3H3,(H,31,34). The second-order valence-corrected chi connectivity index (χ2v) is 13.1. The zero-order valence-corrected chi connectivity index (χ0v) is 24.2. The Morgan fingerprint density at radius 3 is 2.24 bits per heavy atom. The maximum Gasteiger partial charge on any atom is 0.274 e. The first kappa shape index (κ1) is 28.6. The van der Waals surface area contributed by atoms with Gasteiger partial charge in [-0.05, 0) is 72.9 Å². The molecule has 2 aromatic carbocycles. The van der Waals surface area contributed by atoms with E-state index in [2.05, 4.69) is 26.1 Å². The Morgan fingerprint density at radius 1 is 1.08 bits per heavy atom. The molecule has 1 heterocycles. The van der Waals surface area contributed by atoms with Gasteiger partial charge in [0.2, 0.25) is 0 Å². The maximum atomic E-state index is 13.8. The lowest BCUT2D eigenvalue weighted by atomic mass is 9.69. The minimum atomic E-state index is -2.54. The van der Waals surface area contributed by atoms with Gasteiger partial charge in [0.25, 0.3) is 11.8 Å². The normalized spacial score (nSPS) is 21.7. The van der Waals surface area contributed by atoms with Crippen LogP contribution in [-0.2, 0) is 22.0 Å². The summed E-state index contributed by atoms with van der Waals surface area (Å²) in [5, 5.41) is 3.49. The Morgan fingerprint density at radius 2 is 1.68 bits per heavy atom. The summed E-state index contributed by atoms with van der Waals surface area (Å²) in [4.78, 5) is 33.1. The summed E-state index contributed by atoms with van der Waals surface area (Å²) >= 11 is 12.5. The number of hydrogen-bond acceptors (Lipinski definition) is 5. The molecule has 0 saturated heterocycles. The molecular weight excluding hydrogens is 545 g/mol. The van der Waals surface area contributed by atoms with Crippen LogP contribution in [0.15, 0.2) is 47.5 Å². The minimum absolute atomic E-state index is 0.0628. The monoisotopic (exact) mass is 577 g/mol. The third-order valence-corrected chi connectivity index (χ3v) is 8.58. The molecule has 7 nitrogen and oxygen atoms in total. The molecule has 2 aromatic rings. The molecule has 1 aliphatic carbocycles. The van der Waals surface area contributed by atoms with E-state index < -0.39 is 16.4 Å². The van der Waals surface area contributed by atoms with Crippen molar-refractivity contribution in [2.75, 3.05) is 12.3 Å². The van der Waals surface area contributed by atoms with Crippen molar-refractivity contribution < 1.29 is 18.0 Å². The van der Waals surface area contributed by atoms with E-state index in [1.54, 1.807) is 30.3 Å². The number of rotatable bonds is 7. The number of carbonyl (C=O) groups is 2. The van der Waals surface area contributed by atoms with Crippen molar-refractivity contribution in [3.63, 3.8) is 0 Å². The van der Waals surface area contributed by atoms with Crippen molar-refractivity contribution >= 4 is 51.4 Å². The number of aliphatic imine (C=N–C) groups is 1. The summed E-state index contributed by atoms with van der Waals surface area (Å²) in [5.41, 5.74) is 1.81. The highest BCUT2D eigenvalue weighted by molar-refractivity contribution is 7.72. The Hall–Kier alpha value is -2.42. The molecule has 0 aromatic heterocycles. The van der Waals surface area contributed by atoms with Crippen LogP contribution in [0.1, 0.15) is 67.9 Å². The average molecular weight is 579 g/mol. The molecule has 1 saturated carbocycles. The smallest absolute Gasteiger partial charge is 0.274 e. The van der Waals surface area contributed by atoms with E-state index in [0.29, 0.717) is 39.3 Å². The van der Waals surface area contributed by atoms with Gasteiger partial charge < -0.3 is 10.2 Å². The van der Waals surface area contributed by atoms with Crippen LogP contribution in [0.3, 0.4) is 0 Å². The minimum Gasteiger partial charge on any atom is -0.351 e. The third kappa shape index (κ3) is 6.41. The van der Waals surface area contributed by atoms with E-state index >= 15 is 0 Å². The summed E-state index contributed by atoms with van der Waals surface area (Å²) in [6.45, 7) is 7.18. The molecule has 4 rings (SSSR count). The Kier molecular flexibility index (Phi) is 8.55. The number of hydrogen-bond donors (Lipinski definition) is 2. The number of halogens is 2. The second-order valence-electron chi connectivity index (χ2n) is 11.1. The van der Waals surface area contributed by atoms with Crippen molar-refractivity contribution in [3.05, 3.63) is 69.2 Å². The number of amides is 2. The van der Waals surface area contributed by atoms with Gasteiger partial charge in [0.1, 0.15) is 22.1 Å². The number of benzene rings is 2. The van der Waals surface area contributed by atoms with Gasteiger partial charge in [0, 0.05) is 34.3 Å². The molecule has 38 heavy (non-hydrogen) atoms. The van der Waals surface area contributed by atoms with Crippen LogP contribution < -0.4 is 5.32 Å². The van der Waals surface area contributed by atoms with E-state index in [9.17, 15) is 18.0 Å². The molecule has 10 heteroatoms. The second kappa shape index (κ2) is 11.4. The molecule has 0 bridgehead atoms. The predicted octanol–water partition coefficient (Wildman–Crippen LogP) is 5.10. The molecule has 1 spiro atoms. The van der Waals surface area contributed by atoms with Gasteiger partial charge in [-0.15, -0.1) is 0 Å². The van der Waals surface area contributed by atoms with Gasteiger partial charge in [0.15, 0.2) is 0 Å². The fourth-order valence-corrected chi connectivity index (χ4v) is 6.19. The molecule has 0 radical (unpaired) electrons. The van der Waals surface area contributed by atoms with Gasteiger partial charge in [-0.2, -0.15) is 0 Å². The number of nitrogens with zero attached hydrogens (tertiary/aromatic N) is 2. The van der Waals surface area contributed by atoms with Crippen LogP contribution in [-0.4, -0.2) is 48.8 Å². The average Bonchev–Trinajstić information content (AvgIpc) is 3.09. The third-order valence-electron chi connectivity index (χ3n) is 7.55. The van der Waals surface area contributed by atoms with E-state index in [1.807, 2.05) is 17.0 Å². The first-order valence-corrected chi connectivity index (χ1v) is 14.9. The van der Waals surface area contributed by atoms with Crippen LogP contribution >= 0.6 is 23.2 Å². The maximum absolute atomic E-state index is 13.8. The zero-order chi connectivity index (χ0) is 27.7. The van der Waals surface area contributed by atoms with Gasteiger partial charge in [-0.3, -0.25) is 14.6 Å². The van der Waals surface area contributed by atoms with Crippen molar-refractivity contribution in [2.24, 2.45) is 16.3 Å². The molecular formula is C28H33Cl2N3O4S. The van der Waals surface area contributed by atoms with Crippen LogP contribution in [0, 0.1) is 11.3 Å². The molecule has 1 fully saturated rings. The zero-order valence-electron chi connectivity index (χ0n) is 21.8. The topological polar surface area (TPSA) is 95.9 Å². The number of carbonyl (C=O) groups excluding carboxylic acids is 2. The van der Waals surface area contributed by atoms with Crippen LogP contribution in [0.4, 0.5) is 0 Å². The van der Waals surface area contributed by atoms with Crippen molar-refractivity contribution in [1.29, 1.82) is 0 Å². The van der Waals surface area contributed by atoms with Crippen LogP contribution in [0.25, 0.3) is 0 Å². The SMILES string of the molecule is CC(C)(C)C1CCC2(CC1)N=C(c1cc(Cl)cc(Cl)c1)C(=O)N2Cc1ccc(C(=O)NCC[SH](=O)=O)cc1. The Balaban J connectivity index is 1.58. The number of nitrogens with one attached hydrogen (secondary N) is 1. The van der Waals surface area contributed by atoms with Crippen molar-refractivity contribution in [1.82, 2.24) is 10.2 Å². The van der Waals surface area contributed by atoms with Gasteiger partial charge in [-0.1, -0.05) is 56.1 Å². The summed E-state index contributed by atoms with van der Waals surface area (Å²) in [6.07, 6.45) is 3.46. The molecule has 2 amide bonds. The van der Waals surface area contributed by atoms with Gasteiger partial charge >= 0.3 is 0 Å². The fraction of sp³-hybridized carbons (Fsp3) is 0.464. The molecule has 204 valence electrons. The molecule has 1 N–H and O–H groups in total. The van der Waals surface area contributed by atoms with E-state index in [4.69, 9.17) is 28.2 Å². The highest BCUT2D eigenvalue weighted by Gasteiger charge is 2.50. The molecule has 2 aliphatic rings. The van der Waals surface area contributed by atoms with Crippen molar-refractivity contribution in [2.45, 2.75) is 58.7 Å². The summed E-state index contributed by atoms with van der Waals surface area (Å²) < 4.78 is 21.5. The fourth-order valence-electron chi connectivity index (χ4n) is 5.37. The highest BCUT2D eigenvalue weighted by Crippen LogP contribution is 2.47. The lowest BCUT2D eigenvalue weighted by Gasteiger charge is -2.44. The van der Waals surface area contributed by atoms with E-state index in [-0.39, 0.29) is 29.5 Å². The summed E-state index contributed by atoms with van der Waals surface area (Å²) in [5.74, 6) is -0.0613. The first-order chi connectivity index (χ1) is 17.9. The molecule has 1 aliphatic heterocycles. The largest absolute Gasteiger partial charge is 0.351 e. The van der Waals surface area contributed by atoms with Crippen LogP contribution in [0.5, 0.6) is 0 Å². The first-order valence-electron chi connectivity index (χ1n) is 12.8. The lowest BCUT2D eigenvalue weighted by Crippen LogP contribution is -2.49. The van der Waals surface area contributed by atoms with Gasteiger partial charge in [0.05, 0.1) is 5.75 Å². The summed E-state index contributed by atoms with van der Waals surface area (Å²) in [7, 11) is -2.54. The van der Waals surface area contributed by atoms with Crippen LogP contribution in [0.2, 0.25) is 10.0 Å². The van der Waals surface area contributed by atoms with E-state index in [0.717, 1.165) is 31.2 Å². The highest BCUT2D eigenvalue weighted by atomic mass is 35.5. The number of thiol groups is 1. The van der Waals surface area contributed by atoms with E-state index in [1.165, 1.54) is 0 Å². The molecule has 0 unspecified atom stereocenters. The van der Waals surface area contributed by atoms with Gasteiger partial charge in [-0.25, -0.2) is 8.42 Å². The Labute approximate surface area is 235 Å². The lowest BCUT2D eigenvalue weighted by molar-refractivity contribution is -0.130. The summed E-state index contributed by atoms with van der Waals surface area (Å²) in [6, 6.07) is 12.1. The molecule has 0 atom stereocenters. The Bertz CT molecular complexity index is 1300.